The molecule has 0 spiro atoms. The van der Waals surface area contributed by atoms with Gasteiger partial charge in [-0.25, -0.2) is 0 Å². The van der Waals surface area contributed by atoms with Crippen LogP contribution in [0.15, 0.2) is 0 Å². The maximum atomic E-state index is 11.4. The van der Waals surface area contributed by atoms with Gasteiger partial charge in [0.1, 0.15) is 0 Å². The first-order valence-electron chi connectivity index (χ1n) is 5.04. The maximum Gasteiger partial charge on any atom is 0.310 e. The van der Waals surface area contributed by atoms with Gasteiger partial charge in [-0.15, -0.1) is 0 Å². The molecular formula is C10H17NO3. The molecule has 0 aliphatic carbocycles. The zero-order valence-corrected chi connectivity index (χ0v) is 8.78. The van der Waals surface area contributed by atoms with E-state index in [0.717, 1.165) is 19.4 Å². The lowest BCUT2D eigenvalue weighted by Gasteiger charge is -2.15. The Morgan fingerprint density at radius 2 is 2.36 bits per heavy atom. The van der Waals surface area contributed by atoms with Crippen molar-refractivity contribution < 1.29 is 14.3 Å². The third-order valence-corrected chi connectivity index (χ3v) is 2.53. The van der Waals surface area contributed by atoms with Crippen molar-refractivity contribution in [2.45, 2.75) is 26.2 Å². The summed E-state index contributed by atoms with van der Waals surface area (Å²) in [6, 6.07) is 0. The largest absolute Gasteiger partial charge is 0.469 e. The molecular weight excluding hydrogens is 182 g/mol. The van der Waals surface area contributed by atoms with E-state index in [1.165, 1.54) is 7.11 Å². The molecule has 1 saturated heterocycles. The molecule has 1 rings (SSSR count). The zero-order chi connectivity index (χ0) is 10.6. The van der Waals surface area contributed by atoms with Gasteiger partial charge in [0.2, 0.25) is 5.91 Å². The minimum absolute atomic E-state index is 0.0776. The Hall–Kier alpha value is -1.06. The van der Waals surface area contributed by atoms with Crippen LogP contribution in [0.1, 0.15) is 26.2 Å². The fourth-order valence-corrected chi connectivity index (χ4v) is 1.66. The Morgan fingerprint density at radius 1 is 1.64 bits per heavy atom. The van der Waals surface area contributed by atoms with Gasteiger partial charge in [0.25, 0.3) is 0 Å². The summed E-state index contributed by atoms with van der Waals surface area (Å²) >= 11 is 0. The highest BCUT2D eigenvalue weighted by Crippen LogP contribution is 2.19. The monoisotopic (exact) mass is 199 g/mol. The molecule has 1 unspecified atom stereocenters. The SMILES string of the molecule is CCCCN1CC(C(=O)OC)CC1=O. The van der Waals surface area contributed by atoms with E-state index < -0.39 is 0 Å². The van der Waals surface area contributed by atoms with Crippen molar-refractivity contribution in [3.05, 3.63) is 0 Å². The van der Waals surface area contributed by atoms with Crippen molar-refractivity contribution in [2.24, 2.45) is 5.92 Å². The Kier molecular flexibility index (Phi) is 3.92. The Balaban J connectivity index is 2.43. The van der Waals surface area contributed by atoms with Gasteiger partial charge in [-0.2, -0.15) is 0 Å². The highest BCUT2D eigenvalue weighted by Gasteiger charge is 2.34. The molecule has 1 aliphatic heterocycles. The van der Waals surface area contributed by atoms with Gasteiger partial charge in [-0.05, 0) is 6.42 Å². The van der Waals surface area contributed by atoms with E-state index in [1.54, 1.807) is 4.90 Å². The van der Waals surface area contributed by atoms with E-state index in [9.17, 15) is 9.59 Å². The lowest BCUT2D eigenvalue weighted by atomic mass is 10.1. The highest BCUT2D eigenvalue weighted by molar-refractivity contribution is 5.86. The molecule has 0 aromatic rings. The average molecular weight is 199 g/mol. The van der Waals surface area contributed by atoms with Crippen LogP contribution in [0.5, 0.6) is 0 Å². The van der Waals surface area contributed by atoms with Crippen molar-refractivity contribution in [2.75, 3.05) is 20.2 Å². The van der Waals surface area contributed by atoms with Crippen LogP contribution in [0.25, 0.3) is 0 Å². The van der Waals surface area contributed by atoms with Gasteiger partial charge in [-0.1, -0.05) is 13.3 Å². The summed E-state index contributed by atoms with van der Waals surface area (Å²) in [5.41, 5.74) is 0. The maximum absolute atomic E-state index is 11.4. The molecule has 1 amide bonds. The van der Waals surface area contributed by atoms with E-state index in [0.29, 0.717) is 13.0 Å². The van der Waals surface area contributed by atoms with Crippen LogP contribution in [0, 0.1) is 5.92 Å². The summed E-state index contributed by atoms with van der Waals surface area (Å²) in [5, 5.41) is 0. The summed E-state index contributed by atoms with van der Waals surface area (Å²) in [7, 11) is 1.36. The number of unbranched alkanes of at least 4 members (excludes halogenated alkanes) is 1. The number of methoxy groups -OCH3 is 1. The third-order valence-electron chi connectivity index (χ3n) is 2.53. The molecule has 80 valence electrons. The van der Waals surface area contributed by atoms with Gasteiger partial charge >= 0.3 is 5.97 Å². The predicted molar refractivity (Wildman–Crippen MR) is 51.6 cm³/mol. The summed E-state index contributed by atoms with van der Waals surface area (Å²) in [6.45, 7) is 3.38. The second-order valence-electron chi connectivity index (χ2n) is 3.62. The molecule has 1 aliphatic rings. The first-order chi connectivity index (χ1) is 6.69. The molecule has 0 saturated carbocycles. The topological polar surface area (TPSA) is 46.6 Å². The second-order valence-corrected chi connectivity index (χ2v) is 3.62. The van der Waals surface area contributed by atoms with Crippen LogP contribution < -0.4 is 0 Å². The van der Waals surface area contributed by atoms with E-state index in [2.05, 4.69) is 11.7 Å². The van der Waals surface area contributed by atoms with E-state index in [1.807, 2.05) is 0 Å². The summed E-state index contributed by atoms with van der Waals surface area (Å²) in [5.74, 6) is -0.435. The van der Waals surface area contributed by atoms with Crippen molar-refractivity contribution >= 4 is 11.9 Å². The van der Waals surface area contributed by atoms with Crippen LogP contribution >= 0.6 is 0 Å². The number of rotatable bonds is 4. The van der Waals surface area contributed by atoms with Crippen LogP contribution in [0.3, 0.4) is 0 Å². The number of carbonyl (C=O) groups is 2. The summed E-state index contributed by atoms with van der Waals surface area (Å²) in [6.07, 6.45) is 2.38. The number of hydrogen-bond acceptors (Lipinski definition) is 3. The predicted octanol–water partition coefficient (Wildman–Crippen LogP) is 0.808. The molecule has 0 radical (unpaired) electrons. The zero-order valence-electron chi connectivity index (χ0n) is 8.78. The lowest BCUT2D eigenvalue weighted by Crippen LogP contribution is -2.27. The fraction of sp³-hybridized carbons (Fsp3) is 0.800. The summed E-state index contributed by atoms with van der Waals surface area (Å²) in [4.78, 5) is 24.4. The number of amides is 1. The van der Waals surface area contributed by atoms with E-state index in [4.69, 9.17) is 0 Å². The lowest BCUT2D eigenvalue weighted by molar-refractivity contribution is -0.145. The number of nitrogens with zero attached hydrogens (tertiary/aromatic N) is 1. The van der Waals surface area contributed by atoms with Gasteiger partial charge in [0.05, 0.1) is 13.0 Å². The number of esters is 1. The van der Waals surface area contributed by atoms with Crippen molar-refractivity contribution in [1.82, 2.24) is 4.90 Å². The standard InChI is InChI=1S/C10H17NO3/c1-3-4-5-11-7-8(6-9(11)12)10(13)14-2/h8H,3-7H2,1-2H3. The Bertz CT molecular complexity index is 227. The Labute approximate surface area is 84.2 Å². The minimum Gasteiger partial charge on any atom is -0.469 e. The Morgan fingerprint density at radius 3 is 2.93 bits per heavy atom. The van der Waals surface area contributed by atoms with Crippen molar-refractivity contribution in [1.29, 1.82) is 0 Å². The molecule has 0 aromatic heterocycles. The van der Waals surface area contributed by atoms with Crippen LogP contribution in [0.2, 0.25) is 0 Å². The second kappa shape index (κ2) is 4.98. The fourth-order valence-electron chi connectivity index (χ4n) is 1.66. The quantitative estimate of drug-likeness (QED) is 0.629. The van der Waals surface area contributed by atoms with Gasteiger partial charge in [-0.3, -0.25) is 9.59 Å². The van der Waals surface area contributed by atoms with Crippen LogP contribution in [-0.4, -0.2) is 37.0 Å². The first kappa shape index (κ1) is 11.0. The molecule has 4 heteroatoms. The molecule has 0 bridgehead atoms. The molecule has 0 N–H and O–H groups in total. The highest BCUT2D eigenvalue weighted by atomic mass is 16.5. The normalized spacial score (nSPS) is 21.4. The van der Waals surface area contributed by atoms with Crippen LogP contribution in [0.4, 0.5) is 0 Å². The molecule has 1 fully saturated rings. The molecule has 4 nitrogen and oxygen atoms in total. The number of carbonyl (C=O) groups excluding carboxylic acids is 2. The number of hydrogen-bond donors (Lipinski definition) is 0. The van der Waals surface area contributed by atoms with Gasteiger partial charge in [0.15, 0.2) is 0 Å². The first-order valence-corrected chi connectivity index (χ1v) is 5.04. The molecule has 14 heavy (non-hydrogen) atoms. The van der Waals surface area contributed by atoms with E-state index in [-0.39, 0.29) is 17.8 Å². The smallest absolute Gasteiger partial charge is 0.310 e. The number of ether oxygens (including phenoxy) is 1. The summed E-state index contributed by atoms with van der Waals surface area (Å²) < 4.78 is 4.62. The third kappa shape index (κ3) is 2.47. The molecule has 1 heterocycles. The van der Waals surface area contributed by atoms with Gasteiger partial charge < -0.3 is 9.64 Å². The van der Waals surface area contributed by atoms with Crippen molar-refractivity contribution in [3.8, 4) is 0 Å². The van der Waals surface area contributed by atoms with Crippen LogP contribution in [-0.2, 0) is 14.3 Å². The molecule has 0 aromatic carbocycles. The average Bonchev–Trinajstić information content (AvgIpc) is 2.56. The van der Waals surface area contributed by atoms with Crippen molar-refractivity contribution in [3.63, 3.8) is 0 Å². The van der Waals surface area contributed by atoms with E-state index >= 15 is 0 Å². The molecule has 1 atom stereocenters. The van der Waals surface area contributed by atoms with Gasteiger partial charge in [0, 0.05) is 19.5 Å². The minimum atomic E-state index is -0.266. The number of likely N-dealkylation sites (tertiary alicyclic amines) is 1.